The second kappa shape index (κ2) is 7.35. The molecule has 0 saturated heterocycles. The summed E-state index contributed by atoms with van der Waals surface area (Å²) in [6.45, 7) is 11.1. The van der Waals surface area contributed by atoms with Crippen LogP contribution in [0.3, 0.4) is 0 Å². The third-order valence-corrected chi connectivity index (χ3v) is 2.70. The molecule has 2 amide bonds. The van der Waals surface area contributed by atoms with Crippen LogP contribution in [0.1, 0.15) is 46.1 Å². The molecule has 128 valence electrons. The SMILES string of the molecule is Cc1ccc(/C=C/C(=O)NC(C)(C)CNC(=O)OC(C)(C)C)o1. The lowest BCUT2D eigenvalue weighted by Crippen LogP contribution is -2.51. The minimum Gasteiger partial charge on any atom is -0.462 e. The summed E-state index contributed by atoms with van der Waals surface area (Å²) in [4.78, 5) is 23.6. The summed E-state index contributed by atoms with van der Waals surface area (Å²) in [6.07, 6.45) is 2.48. The number of carbonyl (C=O) groups is 2. The van der Waals surface area contributed by atoms with Gasteiger partial charge in [-0.05, 0) is 59.8 Å². The zero-order valence-electron chi connectivity index (χ0n) is 14.6. The molecule has 1 aromatic rings. The van der Waals surface area contributed by atoms with Crippen molar-refractivity contribution in [2.75, 3.05) is 6.54 Å². The summed E-state index contributed by atoms with van der Waals surface area (Å²) in [6, 6.07) is 3.61. The summed E-state index contributed by atoms with van der Waals surface area (Å²) in [5.74, 6) is 1.13. The van der Waals surface area contributed by atoms with E-state index >= 15 is 0 Å². The van der Waals surface area contributed by atoms with Gasteiger partial charge in [-0.3, -0.25) is 4.79 Å². The summed E-state index contributed by atoms with van der Waals surface area (Å²) in [5, 5.41) is 5.46. The highest BCUT2D eigenvalue weighted by molar-refractivity contribution is 5.91. The number of aryl methyl sites for hydroxylation is 1. The third kappa shape index (κ3) is 8.09. The van der Waals surface area contributed by atoms with Crippen LogP contribution in [-0.4, -0.2) is 29.7 Å². The van der Waals surface area contributed by atoms with E-state index in [0.717, 1.165) is 5.76 Å². The van der Waals surface area contributed by atoms with Gasteiger partial charge in [0.15, 0.2) is 0 Å². The van der Waals surface area contributed by atoms with Crippen LogP contribution in [0.2, 0.25) is 0 Å². The van der Waals surface area contributed by atoms with Crippen molar-refractivity contribution in [3.8, 4) is 0 Å². The van der Waals surface area contributed by atoms with E-state index in [4.69, 9.17) is 9.15 Å². The molecule has 0 aliphatic carbocycles. The molecule has 0 fully saturated rings. The molecule has 1 heterocycles. The Hall–Kier alpha value is -2.24. The Morgan fingerprint density at radius 3 is 2.39 bits per heavy atom. The lowest BCUT2D eigenvalue weighted by Gasteiger charge is -2.27. The molecule has 23 heavy (non-hydrogen) atoms. The Balaban J connectivity index is 2.46. The fraction of sp³-hybridized carbons (Fsp3) is 0.529. The molecule has 0 saturated carbocycles. The van der Waals surface area contributed by atoms with Gasteiger partial charge in [-0.2, -0.15) is 0 Å². The monoisotopic (exact) mass is 322 g/mol. The number of hydrogen-bond donors (Lipinski definition) is 2. The van der Waals surface area contributed by atoms with Crippen LogP contribution < -0.4 is 10.6 Å². The van der Waals surface area contributed by atoms with Crippen LogP contribution in [-0.2, 0) is 9.53 Å². The predicted molar refractivity (Wildman–Crippen MR) is 88.9 cm³/mol. The number of nitrogens with one attached hydrogen (secondary N) is 2. The molecule has 6 heteroatoms. The molecule has 6 nitrogen and oxygen atoms in total. The molecule has 0 atom stereocenters. The standard InChI is InChI=1S/C17H26N2O4/c1-12-7-8-13(22-12)9-10-14(20)19-17(5,6)11-18-15(21)23-16(2,3)4/h7-10H,11H2,1-6H3,(H,18,21)(H,19,20)/b10-9+. The van der Waals surface area contributed by atoms with Crippen molar-refractivity contribution in [1.82, 2.24) is 10.6 Å². The molecule has 0 aliphatic rings. The van der Waals surface area contributed by atoms with Gasteiger partial charge in [0, 0.05) is 12.6 Å². The van der Waals surface area contributed by atoms with Crippen molar-refractivity contribution < 1.29 is 18.7 Å². The molecule has 2 N–H and O–H groups in total. The maximum Gasteiger partial charge on any atom is 0.407 e. The van der Waals surface area contributed by atoms with Crippen LogP contribution in [0, 0.1) is 6.92 Å². The second-order valence-corrected chi connectivity index (χ2v) is 7.01. The highest BCUT2D eigenvalue weighted by atomic mass is 16.6. The van der Waals surface area contributed by atoms with Gasteiger partial charge >= 0.3 is 6.09 Å². The van der Waals surface area contributed by atoms with E-state index in [-0.39, 0.29) is 12.5 Å². The van der Waals surface area contributed by atoms with Gasteiger partial charge in [0.2, 0.25) is 5.91 Å². The topological polar surface area (TPSA) is 80.6 Å². The molecule has 0 spiro atoms. The first kappa shape index (κ1) is 18.8. The predicted octanol–water partition coefficient (Wildman–Crippen LogP) is 3.02. The lowest BCUT2D eigenvalue weighted by atomic mass is 10.1. The number of ether oxygens (including phenoxy) is 1. The maximum atomic E-state index is 11.9. The maximum absolute atomic E-state index is 11.9. The molecule has 1 aromatic heterocycles. The first-order valence-electron chi connectivity index (χ1n) is 7.50. The van der Waals surface area contributed by atoms with E-state index < -0.39 is 17.2 Å². The summed E-state index contributed by atoms with van der Waals surface area (Å²) < 4.78 is 10.5. The molecular weight excluding hydrogens is 296 g/mol. The van der Waals surface area contributed by atoms with Gasteiger partial charge in [-0.25, -0.2) is 4.79 Å². The van der Waals surface area contributed by atoms with Crippen molar-refractivity contribution in [3.05, 3.63) is 29.7 Å². The number of rotatable bonds is 5. The average Bonchev–Trinajstić information content (AvgIpc) is 2.78. The average molecular weight is 322 g/mol. The highest BCUT2D eigenvalue weighted by Crippen LogP contribution is 2.09. The Bertz CT molecular complexity index is 580. The van der Waals surface area contributed by atoms with Gasteiger partial charge in [-0.1, -0.05) is 0 Å². The van der Waals surface area contributed by atoms with Crippen LogP contribution in [0.5, 0.6) is 0 Å². The van der Waals surface area contributed by atoms with Crippen molar-refractivity contribution in [3.63, 3.8) is 0 Å². The zero-order chi connectivity index (χ0) is 17.7. The summed E-state index contributed by atoms with van der Waals surface area (Å²) >= 11 is 0. The highest BCUT2D eigenvalue weighted by Gasteiger charge is 2.22. The third-order valence-electron chi connectivity index (χ3n) is 2.70. The van der Waals surface area contributed by atoms with Crippen LogP contribution in [0.4, 0.5) is 4.79 Å². The van der Waals surface area contributed by atoms with E-state index in [0.29, 0.717) is 5.76 Å². The quantitative estimate of drug-likeness (QED) is 0.817. The van der Waals surface area contributed by atoms with Gasteiger partial charge in [0.1, 0.15) is 17.1 Å². The van der Waals surface area contributed by atoms with Crippen molar-refractivity contribution >= 4 is 18.1 Å². The molecule has 1 rings (SSSR count). The molecule has 0 radical (unpaired) electrons. The van der Waals surface area contributed by atoms with Crippen molar-refractivity contribution in [1.29, 1.82) is 0 Å². The number of alkyl carbamates (subject to hydrolysis) is 1. The first-order valence-corrected chi connectivity index (χ1v) is 7.50. The van der Waals surface area contributed by atoms with E-state index in [9.17, 15) is 9.59 Å². The van der Waals surface area contributed by atoms with Crippen LogP contribution in [0.25, 0.3) is 6.08 Å². The Kier molecular flexibility index (Phi) is 6.01. The fourth-order valence-corrected chi connectivity index (χ4v) is 1.73. The van der Waals surface area contributed by atoms with Gasteiger partial charge < -0.3 is 19.8 Å². The van der Waals surface area contributed by atoms with E-state index in [1.165, 1.54) is 6.08 Å². The molecule has 0 unspecified atom stereocenters. The van der Waals surface area contributed by atoms with Gasteiger partial charge in [0.05, 0.1) is 5.54 Å². The smallest absolute Gasteiger partial charge is 0.407 e. The second-order valence-electron chi connectivity index (χ2n) is 7.01. The molecule has 0 bridgehead atoms. The minimum absolute atomic E-state index is 0.251. The van der Waals surface area contributed by atoms with E-state index in [1.807, 2.05) is 26.8 Å². The number of hydrogen-bond acceptors (Lipinski definition) is 4. The molecule has 0 aliphatic heterocycles. The lowest BCUT2D eigenvalue weighted by molar-refractivity contribution is -0.117. The molecule has 0 aromatic carbocycles. The van der Waals surface area contributed by atoms with Gasteiger partial charge in [0.25, 0.3) is 0 Å². The van der Waals surface area contributed by atoms with Crippen LogP contribution in [0.15, 0.2) is 22.6 Å². The van der Waals surface area contributed by atoms with Crippen molar-refractivity contribution in [2.24, 2.45) is 0 Å². The first-order chi connectivity index (χ1) is 10.5. The normalized spacial score (nSPS) is 12.3. The Morgan fingerprint density at radius 1 is 1.22 bits per heavy atom. The van der Waals surface area contributed by atoms with E-state index in [1.54, 1.807) is 32.9 Å². The molecular formula is C17H26N2O4. The number of carbonyl (C=O) groups excluding carboxylic acids is 2. The Morgan fingerprint density at radius 2 is 1.87 bits per heavy atom. The van der Waals surface area contributed by atoms with Crippen LogP contribution >= 0.6 is 0 Å². The van der Waals surface area contributed by atoms with E-state index in [2.05, 4.69) is 10.6 Å². The number of furan rings is 1. The van der Waals surface area contributed by atoms with Crippen molar-refractivity contribution in [2.45, 2.75) is 52.7 Å². The Labute approximate surface area is 137 Å². The summed E-state index contributed by atoms with van der Waals surface area (Å²) in [5.41, 5.74) is -1.17. The number of amides is 2. The zero-order valence-corrected chi connectivity index (χ0v) is 14.6. The van der Waals surface area contributed by atoms with Gasteiger partial charge in [-0.15, -0.1) is 0 Å². The fourth-order valence-electron chi connectivity index (χ4n) is 1.73. The largest absolute Gasteiger partial charge is 0.462 e. The summed E-state index contributed by atoms with van der Waals surface area (Å²) in [7, 11) is 0. The minimum atomic E-state index is -0.614.